The number of unbranched alkanes of at least 4 members (excludes halogenated alkanes) is 2. The molecule has 0 aromatic heterocycles. The molecule has 326 valence electrons. The van der Waals surface area contributed by atoms with Gasteiger partial charge in [-0.3, -0.25) is 13.0 Å². The summed E-state index contributed by atoms with van der Waals surface area (Å²) in [6.45, 7) is 8.51. The van der Waals surface area contributed by atoms with Crippen LogP contribution in [0.5, 0.6) is 0 Å². The van der Waals surface area contributed by atoms with Gasteiger partial charge in [-0.1, -0.05) is 64.1 Å². The van der Waals surface area contributed by atoms with Gasteiger partial charge in [0.25, 0.3) is 10.1 Å². The summed E-state index contributed by atoms with van der Waals surface area (Å²) in [6.07, 6.45) is 13.9. The van der Waals surface area contributed by atoms with Crippen LogP contribution in [0.15, 0.2) is 107 Å². The number of anilines is 1. The normalized spacial score (nSPS) is 16.2. The summed E-state index contributed by atoms with van der Waals surface area (Å²) in [5.41, 5.74) is 3.02. The van der Waals surface area contributed by atoms with E-state index in [1.807, 2.05) is 67.5 Å². The zero-order valence-corrected chi connectivity index (χ0v) is 57.7. The molecule has 0 amide bonds. The molecule has 2 heterocycles. The largest absolute Gasteiger partial charge is 1.00 e. The second-order valence-corrected chi connectivity index (χ2v) is 21.8. The van der Waals surface area contributed by atoms with E-state index in [9.17, 15) is 51.9 Å². The Labute approximate surface area is 601 Å². The quantitative estimate of drug-likeness (QED) is 0.0275. The molecule has 0 saturated heterocycles. The Morgan fingerprint density at radius 2 is 1.32 bits per heavy atom. The van der Waals surface area contributed by atoms with Gasteiger partial charge in [0.2, 0.25) is 0 Å². The molecule has 1 N–H and O–H groups in total. The number of fused-ring (bicyclic) bond motifs is 6. The second kappa shape index (κ2) is 27.6. The molecular weight excluding hydrogens is 1060 g/mol. The van der Waals surface area contributed by atoms with Crippen molar-refractivity contribution in [3.05, 3.63) is 120 Å². The first kappa shape index (κ1) is 67.7. The van der Waals surface area contributed by atoms with Crippen LogP contribution in [-0.4, -0.2) is 86.8 Å². The van der Waals surface area contributed by atoms with Crippen molar-refractivity contribution in [1.82, 2.24) is 0 Å². The number of nitrogens with zero attached hydrogens (tertiary/aromatic N) is 2. The van der Waals surface area contributed by atoms with Gasteiger partial charge in [-0.15, -0.1) is 45.8 Å². The summed E-state index contributed by atoms with van der Waals surface area (Å²) >= 11 is 0. The van der Waals surface area contributed by atoms with Crippen LogP contribution in [0.4, 0.5) is 11.4 Å². The molecule has 0 saturated carbocycles. The van der Waals surface area contributed by atoms with Gasteiger partial charge in [0.15, 0.2) is 11.4 Å². The van der Waals surface area contributed by atoms with Crippen LogP contribution in [0.1, 0.15) is 64.5 Å². The van der Waals surface area contributed by atoms with Gasteiger partial charge in [0.05, 0.1) is 36.1 Å². The van der Waals surface area contributed by atoms with E-state index >= 15 is 0 Å². The van der Waals surface area contributed by atoms with Gasteiger partial charge in [0.1, 0.15) is 6.54 Å². The van der Waals surface area contributed by atoms with Crippen LogP contribution < -0.4 is 262 Å². The average Bonchev–Trinajstić information content (AvgIpc) is 3.50. The molecule has 2 aliphatic heterocycles. The van der Waals surface area contributed by atoms with Crippen molar-refractivity contribution < 1.29 is 313 Å². The van der Waals surface area contributed by atoms with Crippen LogP contribution in [0.2, 0.25) is 0 Å². The van der Waals surface area contributed by atoms with Crippen molar-refractivity contribution in [2.45, 2.75) is 74.0 Å². The molecule has 66 heavy (non-hydrogen) atoms. The summed E-state index contributed by atoms with van der Waals surface area (Å²) in [5.74, 6) is -0.920. The molecule has 0 atom stereocenters. The van der Waals surface area contributed by atoms with E-state index in [0.717, 1.165) is 28.7 Å². The summed E-state index contributed by atoms with van der Waals surface area (Å²) in [4.78, 5) is 1.18. The minimum atomic E-state index is -4.88. The van der Waals surface area contributed by atoms with Crippen molar-refractivity contribution in [2.24, 2.45) is 0 Å². The predicted octanol–water partition coefficient (Wildman–Crippen LogP) is -8.86. The van der Waals surface area contributed by atoms with Gasteiger partial charge in [-0.2, -0.15) is 26.6 Å². The fraction of sp³-hybridized carbons (Fsp3) is 0.326. The third-order valence-electron chi connectivity index (χ3n) is 11.1. The Balaban J connectivity index is 0.00000436. The van der Waals surface area contributed by atoms with Crippen LogP contribution in [0, 0.1) is 12.1 Å². The Bertz CT molecular complexity index is 3060. The summed E-state index contributed by atoms with van der Waals surface area (Å²) in [6, 6.07) is 18.1. The maximum absolute atomic E-state index is 12.4. The first-order chi connectivity index (χ1) is 28.3. The van der Waals surface area contributed by atoms with E-state index in [4.69, 9.17) is 0 Å². The number of allylic oxidation sites excluding steroid dienone is 8. The number of hydrogen-bond donors (Lipinski definition) is 1. The van der Waals surface area contributed by atoms with E-state index in [2.05, 4.69) is 12.1 Å². The van der Waals surface area contributed by atoms with Crippen molar-refractivity contribution in [2.75, 3.05) is 29.5 Å². The zero-order chi connectivity index (χ0) is 44.8. The first-order valence-corrected chi connectivity index (χ1v) is 25.2. The summed E-state index contributed by atoms with van der Waals surface area (Å²) < 4.78 is 141. The molecule has 0 aliphatic carbocycles. The fourth-order valence-corrected chi connectivity index (χ4v) is 10.7. The second-order valence-electron chi connectivity index (χ2n) is 16.0. The number of rotatable bonds is 16. The molecule has 14 nitrogen and oxygen atoms in total. The smallest absolute Gasteiger partial charge is 0.754 e. The number of benzene rings is 4. The van der Waals surface area contributed by atoms with E-state index < -0.39 is 67.7 Å². The molecule has 0 radical (unpaired) electrons. The van der Waals surface area contributed by atoms with Crippen molar-refractivity contribution in [3.8, 4) is 0 Å². The number of hydrogen-bond acceptors (Lipinski definition) is 12. The monoisotopic (exact) mass is 1100 g/mol. The minimum Gasteiger partial charge on any atom is -0.754 e. The van der Waals surface area contributed by atoms with Gasteiger partial charge in [-0.05, 0) is 58.4 Å². The van der Waals surface area contributed by atoms with Gasteiger partial charge >= 0.3 is 257 Å². The van der Waals surface area contributed by atoms with Crippen molar-refractivity contribution >= 4 is 79.1 Å². The SMILES string of the molecule is CC1(C)C(/C=C/C=C/C=C/C=C2/N(CCCCS(=O)(=O)O)c3ccc4c[c-]cc(S(=O)(=O)[O-])c4c3C2(C)C)=[N+](CCCCS(=O)(=O)[O-])c2ccc3cc(S(=O)(=O)[O-])c[c-]c3c21.[K+].[K+].[K+].[K+].[K+]. The topological polar surface area (TPSA) is 232 Å². The van der Waals surface area contributed by atoms with Gasteiger partial charge in [0, 0.05) is 47.0 Å². The molecule has 2 aliphatic rings. The van der Waals surface area contributed by atoms with E-state index in [1.165, 1.54) is 12.1 Å². The Morgan fingerprint density at radius 3 is 1.94 bits per heavy atom. The average molecular weight is 1100 g/mol. The molecule has 0 spiro atoms. The van der Waals surface area contributed by atoms with Crippen LogP contribution in [0.3, 0.4) is 0 Å². The minimum absolute atomic E-state index is 0. The van der Waals surface area contributed by atoms with Crippen molar-refractivity contribution in [3.63, 3.8) is 0 Å². The van der Waals surface area contributed by atoms with Crippen LogP contribution in [-0.2, 0) is 51.3 Å². The molecule has 0 unspecified atom stereocenters. The maximum atomic E-state index is 12.4. The summed E-state index contributed by atoms with van der Waals surface area (Å²) in [7, 11) is -18.2. The standard InChI is InChI=1S/C43H47N2O12S4.5K/c1-42(2)37(44(25-10-12-27-58(46,47)48)34-24-20-31-29-32(60(52,53)54)21-22-33(31)40(34)42)17-8-6-5-7-9-18-38-43(3,4)41-35(45(38)26-11-13-28-59(49,50)51)23-19-30-15-14-16-36(39(30)41)61(55,56)57;;;;;/h5-9,15-21,23-24,29H,10-13,25-28H2,1-4H3,(H,46,47,48)(H,49,50,51)(H,52,53,54)(H,55,56,57);;;;;/q-1;5*+1/p-3. The zero-order valence-electron chi connectivity index (χ0n) is 38.8. The Hall–Kier alpha value is 3.65. The molecule has 4 aromatic rings. The van der Waals surface area contributed by atoms with Crippen molar-refractivity contribution in [1.29, 1.82) is 0 Å². The van der Waals surface area contributed by atoms with Crippen LogP contribution in [0.25, 0.3) is 21.5 Å². The molecule has 0 bridgehead atoms. The molecule has 23 heteroatoms. The Morgan fingerprint density at radius 1 is 0.697 bits per heavy atom. The van der Waals surface area contributed by atoms with Crippen LogP contribution >= 0.6 is 0 Å². The summed E-state index contributed by atoms with van der Waals surface area (Å²) in [5, 5.41) is 1.95. The molecule has 0 fully saturated rings. The van der Waals surface area contributed by atoms with Gasteiger partial charge in [-0.25, -0.2) is 21.4 Å². The van der Waals surface area contributed by atoms with Gasteiger partial charge < -0.3 is 18.6 Å². The van der Waals surface area contributed by atoms with E-state index in [-0.39, 0.29) is 275 Å². The maximum Gasteiger partial charge on any atom is 1.00 e. The third-order valence-corrected chi connectivity index (χ3v) is 14.3. The Kier molecular flexibility index (Phi) is 28.3. The first-order valence-electron chi connectivity index (χ1n) is 19.2. The third kappa shape index (κ3) is 16.6. The molecule has 6 rings (SSSR count). The predicted molar refractivity (Wildman–Crippen MR) is 230 cm³/mol. The van der Waals surface area contributed by atoms with E-state index in [1.54, 1.807) is 42.5 Å². The fourth-order valence-electron chi connectivity index (χ4n) is 8.41. The van der Waals surface area contributed by atoms with E-state index in [0.29, 0.717) is 58.7 Å². The molecule has 4 aromatic carbocycles. The molecular formula is C43H44K5N2O12S4+.